The summed E-state index contributed by atoms with van der Waals surface area (Å²) in [4.78, 5) is 12.3. The van der Waals surface area contributed by atoms with Crippen molar-refractivity contribution in [1.82, 2.24) is 30.5 Å². The van der Waals surface area contributed by atoms with Gasteiger partial charge in [0.2, 0.25) is 5.91 Å². The maximum Gasteiger partial charge on any atom is 0.220 e. The van der Waals surface area contributed by atoms with E-state index in [2.05, 4.69) is 55.8 Å². The van der Waals surface area contributed by atoms with Crippen LogP contribution in [0.1, 0.15) is 43.6 Å². The number of para-hydroxylation sites is 1. The standard InChI is InChI=1S/C17H22N6O/c1-3-6-14(17-19-21-22-20-17)18-16(24)10-9-12-11-23(2)15-8-5-4-7-13(12)15/h4-5,7-8,11,14H,3,6,9-10H2,1-2H3,(H,18,24)(H,19,20,21,22)/t14-/m1/s1. The van der Waals surface area contributed by atoms with Gasteiger partial charge in [-0.3, -0.25) is 4.79 Å². The summed E-state index contributed by atoms with van der Waals surface area (Å²) in [6.07, 6.45) is 4.97. The summed E-state index contributed by atoms with van der Waals surface area (Å²) >= 11 is 0. The molecule has 2 heterocycles. The fraction of sp³-hybridized carbons (Fsp3) is 0.412. The van der Waals surface area contributed by atoms with Gasteiger partial charge in [-0.15, -0.1) is 10.2 Å². The van der Waals surface area contributed by atoms with E-state index in [0.29, 0.717) is 18.7 Å². The van der Waals surface area contributed by atoms with Crippen LogP contribution in [0.2, 0.25) is 0 Å². The molecule has 0 aliphatic heterocycles. The number of carbonyl (C=O) groups is 1. The van der Waals surface area contributed by atoms with Crippen LogP contribution in [0.15, 0.2) is 30.5 Å². The van der Waals surface area contributed by atoms with Crippen molar-refractivity contribution in [3.63, 3.8) is 0 Å². The van der Waals surface area contributed by atoms with Crippen LogP contribution < -0.4 is 5.32 Å². The zero-order valence-electron chi connectivity index (χ0n) is 14.0. The van der Waals surface area contributed by atoms with E-state index in [9.17, 15) is 4.79 Å². The van der Waals surface area contributed by atoms with Gasteiger partial charge in [0.15, 0.2) is 5.82 Å². The van der Waals surface area contributed by atoms with Crippen LogP contribution in [0.4, 0.5) is 0 Å². The summed E-state index contributed by atoms with van der Waals surface area (Å²) < 4.78 is 2.10. The molecule has 2 aromatic heterocycles. The van der Waals surface area contributed by atoms with Gasteiger partial charge in [0, 0.05) is 30.6 Å². The molecule has 0 saturated heterocycles. The van der Waals surface area contributed by atoms with Crippen LogP contribution >= 0.6 is 0 Å². The third-order valence-corrected chi connectivity index (χ3v) is 4.19. The van der Waals surface area contributed by atoms with Crippen LogP contribution in [-0.2, 0) is 18.3 Å². The molecule has 3 aromatic rings. The highest BCUT2D eigenvalue weighted by Gasteiger charge is 2.18. The molecule has 7 heteroatoms. The highest BCUT2D eigenvalue weighted by molar-refractivity contribution is 5.85. The molecule has 2 N–H and O–H groups in total. The Labute approximate surface area is 140 Å². The van der Waals surface area contributed by atoms with E-state index in [-0.39, 0.29) is 11.9 Å². The van der Waals surface area contributed by atoms with Crippen molar-refractivity contribution in [3.8, 4) is 0 Å². The summed E-state index contributed by atoms with van der Waals surface area (Å²) in [6.45, 7) is 2.06. The smallest absolute Gasteiger partial charge is 0.220 e. The lowest BCUT2D eigenvalue weighted by atomic mass is 10.1. The number of hydrogen-bond acceptors (Lipinski definition) is 4. The Morgan fingerprint density at radius 3 is 2.96 bits per heavy atom. The number of nitrogens with zero attached hydrogens (tertiary/aromatic N) is 4. The van der Waals surface area contributed by atoms with Gasteiger partial charge < -0.3 is 9.88 Å². The van der Waals surface area contributed by atoms with E-state index in [0.717, 1.165) is 12.8 Å². The van der Waals surface area contributed by atoms with E-state index in [4.69, 9.17) is 0 Å². The van der Waals surface area contributed by atoms with Crippen molar-refractivity contribution in [1.29, 1.82) is 0 Å². The third-order valence-electron chi connectivity index (χ3n) is 4.19. The van der Waals surface area contributed by atoms with Gasteiger partial charge in [-0.1, -0.05) is 36.8 Å². The average molecular weight is 326 g/mol. The van der Waals surface area contributed by atoms with E-state index in [1.165, 1.54) is 16.5 Å². The molecule has 24 heavy (non-hydrogen) atoms. The van der Waals surface area contributed by atoms with Crippen LogP contribution in [0, 0.1) is 0 Å². The number of nitrogens with one attached hydrogen (secondary N) is 2. The minimum Gasteiger partial charge on any atom is -0.350 e. The van der Waals surface area contributed by atoms with Gasteiger partial charge in [0.05, 0.1) is 6.04 Å². The zero-order chi connectivity index (χ0) is 16.9. The van der Waals surface area contributed by atoms with Gasteiger partial charge in [-0.25, -0.2) is 0 Å². The van der Waals surface area contributed by atoms with Gasteiger partial charge in [-0.05, 0) is 24.5 Å². The van der Waals surface area contributed by atoms with Crippen LogP contribution in [0.5, 0.6) is 0 Å². The van der Waals surface area contributed by atoms with Crippen molar-refractivity contribution >= 4 is 16.8 Å². The topological polar surface area (TPSA) is 88.5 Å². The molecule has 7 nitrogen and oxygen atoms in total. The minimum absolute atomic E-state index is 0.00573. The molecule has 0 fully saturated rings. The second-order valence-electron chi connectivity index (χ2n) is 5.96. The third kappa shape index (κ3) is 3.45. The lowest BCUT2D eigenvalue weighted by Crippen LogP contribution is -2.29. The van der Waals surface area contributed by atoms with Crippen LogP contribution in [0.25, 0.3) is 10.9 Å². The largest absolute Gasteiger partial charge is 0.350 e. The molecular weight excluding hydrogens is 304 g/mol. The molecule has 0 aliphatic carbocycles. The second-order valence-corrected chi connectivity index (χ2v) is 5.96. The maximum absolute atomic E-state index is 12.3. The van der Waals surface area contributed by atoms with Crippen LogP contribution in [0.3, 0.4) is 0 Å². The first kappa shape index (κ1) is 16.2. The SMILES string of the molecule is CCC[C@@H](NC(=O)CCc1cn(C)c2ccccc12)c1nn[nH]n1. The van der Waals surface area contributed by atoms with Crippen molar-refractivity contribution in [3.05, 3.63) is 41.9 Å². The Morgan fingerprint density at radius 2 is 2.21 bits per heavy atom. The lowest BCUT2D eigenvalue weighted by molar-refractivity contribution is -0.121. The Balaban J connectivity index is 1.64. The Hall–Kier alpha value is -2.70. The zero-order valence-corrected chi connectivity index (χ0v) is 14.0. The number of rotatable bonds is 7. The normalized spacial score (nSPS) is 12.4. The molecule has 0 radical (unpaired) electrons. The quantitative estimate of drug-likeness (QED) is 0.697. The molecular formula is C17H22N6O. The summed E-state index contributed by atoms with van der Waals surface area (Å²) in [5, 5.41) is 18.2. The monoisotopic (exact) mass is 326 g/mol. The summed E-state index contributed by atoms with van der Waals surface area (Å²) in [5.41, 5.74) is 2.37. The Morgan fingerprint density at radius 1 is 1.38 bits per heavy atom. The first-order valence-corrected chi connectivity index (χ1v) is 8.24. The fourth-order valence-electron chi connectivity index (χ4n) is 3.01. The Bertz CT molecular complexity index is 808. The highest BCUT2D eigenvalue weighted by Crippen LogP contribution is 2.21. The summed E-state index contributed by atoms with van der Waals surface area (Å²) in [6, 6.07) is 8.06. The number of benzene rings is 1. The maximum atomic E-state index is 12.3. The van der Waals surface area contributed by atoms with E-state index >= 15 is 0 Å². The number of tetrazole rings is 1. The molecule has 0 bridgehead atoms. The number of aromatic amines is 1. The van der Waals surface area contributed by atoms with Gasteiger partial charge in [-0.2, -0.15) is 5.21 Å². The van der Waals surface area contributed by atoms with Gasteiger partial charge >= 0.3 is 0 Å². The Kier molecular flexibility index (Phi) is 4.88. The number of aromatic nitrogens is 5. The summed E-state index contributed by atoms with van der Waals surface area (Å²) in [7, 11) is 2.03. The minimum atomic E-state index is -0.186. The summed E-state index contributed by atoms with van der Waals surface area (Å²) in [5.74, 6) is 0.543. The van der Waals surface area contributed by atoms with E-state index in [1.54, 1.807) is 0 Å². The average Bonchev–Trinajstić information content (AvgIpc) is 3.22. The van der Waals surface area contributed by atoms with Crippen molar-refractivity contribution in [2.45, 2.75) is 38.6 Å². The van der Waals surface area contributed by atoms with Crippen molar-refractivity contribution in [2.24, 2.45) is 7.05 Å². The molecule has 3 rings (SSSR count). The molecule has 0 aliphatic rings. The van der Waals surface area contributed by atoms with Crippen LogP contribution in [-0.4, -0.2) is 31.1 Å². The molecule has 1 aromatic carbocycles. The first-order chi connectivity index (χ1) is 11.7. The number of H-pyrrole nitrogens is 1. The fourth-order valence-corrected chi connectivity index (χ4v) is 3.01. The molecule has 0 spiro atoms. The van der Waals surface area contributed by atoms with Crippen molar-refractivity contribution < 1.29 is 4.79 Å². The van der Waals surface area contributed by atoms with E-state index < -0.39 is 0 Å². The van der Waals surface area contributed by atoms with Gasteiger partial charge in [0.25, 0.3) is 0 Å². The number of hydrogen-bond donors (Lipinski definition) is 2. The second kappa shape index (κ2) is 7.25. The van der Waals surface area contributed by atoms with Gasteiger partial charge in [0.1, 0.15) is 0 Å². The predicted octanol–water partition coefficient (Wildman–Crippen LogP) is 2.28. The number of carbonyl (C=O) groups excluding carboxylic acids is 1. The van der Waals surface area contributed by atoms with Crippen molar-refractivity contribution in [2.75, 3.05) is 0 Å². The first-order valence-electron chi connectivity index (χ1n) is 8.24. The molecule has 0 unspecified atom stereocenters. The highest BCUT2D eigenvalue weighted by atomic mass is 16.1. The number of fused-ring (bicyclic) bond motifs is 1. The predicted molar refractivity (Wildman–Crippen MR) is 91.2 cm³/mol. The molecule has 126 valence electrons. The molecule has 1 amide bonds. The molecule has 0 saturated carbocycles. The lowest BCUT2D eigenvalue weighted by Gasteiger charge is -2.14. The molecule has 1 atom stereocenters. The number of amides is 1. The number of aryl methyl sites for hydroxylation is 2. The van der Waals surface area contributed by atoms with E-state index in [1.807, 2.05) is 19.2 Å².